The summed E-state index contributed by atoms with van der Waals surface area (Å²) < 4.78 is 29.8. The third-order valence-corrected chi connectivity index (χ3v) is 5.71. The zero-order valence-corrected chi connectivity index (χ0v) is 15.8. The number of nitrogens with one attached hydrogen (secondary N) is 1. The van der Waals surface area contributed by atoms with Gasteiger partial charge in [0.15, 0.2) is 0 Å². The van der Waals surface area contributed by atoms with Crippen LogP contribution in [0.4, 0.5) is 0 Å². The van der Waals surface area contributed by atoms with Crippen molar-refractivity contribution in [2.45, 2.75) is 44.6 Å². The minimum Gasteiger partial charge on any atom is -0.302 e. The number of aromatic nitrogens is 2. The molecule has 132 valence electrons. The maximum absolute atomic E-state index is 12.6. The number of nitrogens with zero attached hydrogens (tertiary/aromatic N) is 2. The van der Waals surface area contributed by atoms with Crippen molar-refractivity contribution in [2.75, 3.05) is 0 Å². The van der Waals surface area contributed by atoms with Crippen LogP contribution < -0.4 is 4.72 Å². The Morgan fingerprint density at radius 2 is 1.76 bits per heavy atom. The fourth-order valence-corrected chi connectivity index (χ4v) is 3.75. The molecule has 0 aliphatic heterocycles. The predicted octanol–water partition coefficient (Wildman–Crippen LogP) is 3.42. The Bertz CT molecular complexity index is 997. The SMILES string of the molecule is Cc1nc2ccccn2c1CNS(=O)(=O)c1ccc(C(C)(C)C)cc1. The number of pyridine rings is 1. The molecule has 0 bridgehead atoms. The van der Waals surface area contributed by atoms with E-state index in [-0.39, 0.29) is 16.9 Å². The lowest BCUT2D eigenvalue weighted by Crippen LogP contribution is -2.24. The largest absolute Gasteiger partial charge is 0.302 e. The van der Waals surface area contributed by atoms with Crippen LogP contribution in [-0.2, 0) is 22.0 Å². The van der Waals surface area contributed by atoms with Crippen LogP contribution in [0.2, 0.25) is 0 Å². The highest BCUT2D eigenvalue weighted by molar-refractivity contribution is 7.89. The summed E-state index contributed by atoms with van der Waals surface area (Å²) in [5, 5.41) is 0. The molecule has 0 fully saturated rings. The van der Waals surface area contributed by atoms with E-state index in [9.17, 15) is 8.42 Å². The standard InChI is InChI=1S/C19H23N3O2S/c1-14-17(22-12-6-5-7-18(22)21-14)13-20-25(23,24)16-10-8-15(9-11-16)19(2,3)4/h5-12,20H,13H2,1-4H3. The summed E-state index contributed by atoms with van der Waals surface area (Å²) in [6.07, 6.45) is 1.89. The molecule has 0 atom stereocenters. The van der Waals surface area contributed by atoms with E-state index in [2.05, 4.69) is 30.5 Å². The van der Waals surface area contributed by atoms with Crippen LogP contribution >= 0.6 is 0 Å². The van der Waals surface area contributed by atoms with Crippen LogP contribution in [0.5, 0.6) is 0 Å². The van der Waals surface area contributed by atoms with Crippen molar-refractivity contribution in [3.05, 3.63) is 65.6 Å². The van der Waals surface area contributed by atoms with E-state index in [1.807, 2.05) is 47.9 Å². The zero-order valence-electron chi connectivity index (χ0n) is 14.9. The highest BCUT2D eigenvalue weighted by Crippen LogP contribution is 2.23. The van der Waals surface area contributed by atoms with Gasteiger partial charge < -0.3 is 4.40 Å². The molecule has 0 aliphatic rings. The zero-order chi connectivity index (χ0) is 18.2. The first kappa shape index (κ1) is 17.6. The van der Waals surface area contributed by atoms with Gasteiger partial charge in [0.1, 0.15) is 5.65 Å². The van der Waals surface area contributed by atoms with E-state index < -0.39 is 10.0 Å². The number of sulfonamides is 1. The molecule has 1 N–H and O–H groups in total. The highest BCUT2D eigenvalue weighted by Gasteiger charge is 2.18. The lowest BCUT2D eigenvalue weighted by atomic mass is 9.87. The Labute approximate surface area is 148 Å². The van der Waals surface area contributed by atoms with Gasteiger partial charge in [0, 0.05) is 6.20 Å². The molecule has 6 heteroatoms. The number of rotatable bonds is 4. The molecule has 0 unspecified atom stereocenters. The third kappa shape index (κ3) is 3.60. The predicted molar refractivity (Wildman–Crippen MR) is 99.1 cm³/mol. The fraction of sp³-hybridized carbons (Fsp3) is 0.316. The maximum Gasteiger partial charge on any atom is 0.240 e. The second-order valence-corrected chi connectivity index (χ2v) is 8.94. The van der Waals surface area contributed by atoms with Crippen LogP contribution in [0.3, 0.4) is 0 Å². The molecule has 25 heavy (non-hydrogen) atoms. The molecule has 3 rings (SSSR count). The first-order valence-corrected chi connectivity index (χ1v) is 9.69. The molecule has 2 aromatic heterocycles. The van der Waals surface area contributed by atoms with Gasteiger partial charge in [-0.05, 0) is 42.2 Å². The number of hydrogen-bond donors (Lipinski definition) is 1. The number of aryl methyl sites for hydroxylation is 1. The van der Waals surface area contributed by atoms with Gasteiger partial charge in [-0.2, -0.15) is 0 Å². The van der Waals surface area contributed by atoms with Crippen molar-refractivity contribution >= 4 is 15.7 Å². The highest BCUT2D eigenvalue weighted by atomic mass is 32.2. The fourth-order valence-electron chi connectivity index (χ4n) is 2.76. The Hall–Kier alpha value is -2.18. The van der Waals surface area contributed by atoms with E-state index in [1.54, 1.807) is 12.1 Å². The molecule has 0 saturated carbocycles. The van der Waals surface area contributed by atoms with Crippen LogP contribution in [-0.4, -0.2) is 17.8 Å². The van der Waals surface area contributed by atoms with Gasteiger partial charge in [-0.25, -0.2) is 18.1 Å². The lowest BCUT2D eigenvalue weighted by Gasteiger charge is -2.19. The van der Waals surface area contributed by atoms with Crippen molar-refractivity contribution in [1.29, 1.82) is 0 Å². The van der Waals surface area contributed by atoms with Crippen molar-refractivity contribution in [1.82, 2.24) is 14.1 Å². The second-order valence-electron chi connectivity index (χ2n) is 7.17. The summed E-state index contributed by atoms with van der Waals surface area (Å²) in [7, 11) is -3.58. The Morgan fingerprint density at radius 1 is 1.08 bits per heavy atom. The second kappa shape index (κ2) is 6.28. The van der Waals surface area contributed by atoms with E-state index in [4.69, 9.17) is 0 Å². The maximum atomic E-state index is 12.6. The van der Waals surface area contributed by atoms with Crippen LogP contribution in [0.1, 0.15) is 37.7 Å². The molecular weight excluding hydrogens is 334 g/mol. The molecule has 0 amide bonds. The monoisotopic (exact) mass is 357 g/mol. The summed E-state index contributed by atoms with van der Waals surface area (Å²) in [6.45, 7) is 8.38. The van der Waals surface area contributed by atoms with Crippen molar-refractivity contribution in [3.63, 3.8) is 0 Å². The molecule has 0 spiro atoms. The first-order valence-electron chi connectivity index (χ1n) is 8.21. The van der Waals surface area contributed by atoms with Gasteiger partial charge >= 0.3 is 0 Å². The molecule has 0 saturated heterocycles. The Morgan fingerprint density at radius 3 is 2.40 bits per heavy atom. The van der Waals surface area contributed by atoms with Crippen molar-refractivity contribution in [3.8, 4) is 0 Å². The third-order valence-electron chi connectivity index (χ3n) is 4.29. The Balaban J connectivity index is 1.83. The molecule has 0 radical (unpaired) electrons. The number of hydrogen-bond acceptors (Lipinski definition) is 3. The molecule has 5 nitrogen and oxygen atoms in total. The van der Waals surface area contributed by atoms with Gasteiger partial charge in [0.2, 0.25) is 10.0 Å². The average Bonchev–Trinajstić information content (AvgIpc) is 2.87. The molecule has 3 aromatic rings. The summed E-state index contributed by atoms with van der Waals surface area (Å²) in [5.41, 5.74) is 3.55. The van der Waals surface area contributed by atoms with Gasteiger partial charge in [-0.3, -0.25) is 0 Å². The number of benzene rings is 1. The van der Waals surface area contributed by atoms with Crippen LogP contribution in [0.15, 0.2) is 53.6 Å². The average molecular weight is 357 g/mol. The van der Waals surface area contributed by atoms with Crippen molar-refractivity contribution < 1.29 is 8.42 Å². The molecule has 2 heterocycles. The quantitative estimate of drug-likeness (QED) is 0.778. The number of fused-ring (bicyclic) bond motifs is 1. The smallest absolute Gasteiger partial charge is 0.240 e. The summed E-state index contributed by atoms with van der Waals surface area (Å²) >= 11 is 0. The summed E-state index contributed by atoms with van der Waals surface area (Å²) in [6, 6.07) is 12.8. The van der Waals surface area contributed by atoms with Gasteiger partial charge in [-0.15, -0.1) is 0 Å². The van der Waals surface area contributed by atoms with E-state index >= 15 is 0 Å². The van der Waals surface area contributed by atoms with Crippen LogP contribution in [0.25, 0.3) is 5.65 Å². The Kier molecular flexibility index (Phi) is 4.43. The topological polar surface area (TPSA) is 63.5 Å². The van der Waals surface area contributed by atoms with Crippen molar-refractivity contribution in [2.24, 2.45) is 0 Å². The summed E-state index contributed by atoms with van der Waals surface area (Å²) in [5.74, 6) is 0. The molecular formula is C19H23N3O2S. The normalized spacial score (nSPS) is 12.6. The van der Waals surface area contributed by atoms with E-state index in [0.29, 0.717) is 0 Å². The number of imidazole rings is 1. The first-order chi connectivity index (χ1) is 11.7. The minimum absolute atomic E-state index is 0.0106. The van der Waals surface area contributed by atoms with E-state index in [0.717, 1.165) is 22.6 Å². The van der Waals surface area contributed by atoms with Gasteiger partial charge in [0.05, 0.1) is 22.8 Å². The molecule has 1 aromatic carbocycles. The lowest BCUT2D eigenvalue weighted by molar-refractivity contribution is 0.577. The summed E-state index contributed by atoms with van der Waals surface area (Å²) in [4.78, 5) is 4.72. The van der Waals surface area contributed by atoms with Crippen LogP contribution in [0, 0.1) is 6.92 Å². The van der Waals surface area contributed by atoms with Gasteiger partial charge in [0.25, 0.3) is 0 Å². The molecule has 0 aliphatic carbocycles. The minimum atomic E-state index is -3.58. The van der Waals surface area contributed by atoms with Gasteiger partial charge in [-0.1, -0.05) is 39.0 Å². The van der Waals surface area contributed by atoms with E-state index in [1.165, 1.54) is 0 Å².